The molecule has 21 heavy (non-hydrogen) atoms. The summed E-state index contributed by atoms with van der Waals surface area (Å²) in [6.07, 6.45) is 1.23. The molecule has 0 saturated heterocycles. The average Bonchev–Trinajstić information content (AvgIpc) is 2.47. The van der Waals surface area contributed by atoms with E-state index in [-0.39, 0.29) is 11.9 Å². The van der Waals surface area contributed by atoms with Crippen molar-refractivity contribution in [2.24, 2.45) is 11.7 Å². The maximum Gasteiger partial charge on any atom is 0.224 e. The summed E-state index contributed by atoms with van der Waals surface area (Å²) in [6.45, 7) is 4.81. The Bertz CT molecular complexity index is 602. The number of nitrogens with two attached hydrogens (primary N) is 1. The van der Waals surface area contributed by atoms with Crippen LogP contribution in [0.3, 0.4) is 0 Å². The van der Waals surface area contributed by atoms with E-state index in [1.807, 2.05) is 24.3 Å². The van der Waals surface area contributed by atoms with Crippen molar-refractivity contribution in [3.8, 4) is 0 Å². The Morgan fingerprint density at radius 1 is 1.14 bits per heavy atom. The molecule has 1 amide bonds. The molecule has 2 aromatic carbocycles. The summed E-state index contributed by atoms with van der Waals surface area (Å²) in [5.74, 6) is 0.462. The van der Waals surface area contributed by atoms with Gasteiger partial charge in [0.25, 0.3) is 0 Å². The lowest BCUT2D eigenvalue weighted by Crippen LogP contribution is -2.40. The van der Waals surface area contributed by atoms with E-state index in [2.05, 4.69) is 37.4 Å². The molecule has 112 valence electrons. The number of hydrogen-bond acceptors (Lipinski definition) is 2. The molecular formula is C18H24N2O. The lowest BCUT2D eigenvalue weighted by atomic mass is 9.99. The van der Waals surface area contributed by atoms with Gasteiger partial charge >= 0.3 is 0 Å². The molecule has 1 unspecified atom stereocenters. The third kappa shape index (κ3) is 4.05. The number of carbonyl (C=O) groups excluding carboxylic acids is 1. The van der Waals surface area contributed by atoms with Crippen LogP contribution in [0.2, 0.25) is 0 Å². The van der Waals surface area contributed by atoms with Gasteiger partial charge in [0, 0.05) is 6.04 Å². The highest BCUT2D eigenvalue weighted by Gasteiger charge is 2.16. The molecule has 0 bridgehead atoms. The van der Waals surface area contributed by atoms with Gasteiger partial charge in [-0.1, -0.05) is 56.3 Å². The first kappa shape index (κ1) is 15.5. The van der Waals surface area contributed by atoms with Crippen LogP contribution in [-0.2, 0) is 11.2 Å². The van der Waals surface area contributed by atoms with Gasteiger partial charge in [0.15, 0.2) is 0 Å². The molecule has 0 aromatic heterocycles. The maximum atomic E-state index is 12.3. The third-order valence-electron chi connectivity index (χ3n) is 3.86. The highest BCUT2D eigenvalue weighted by molar-refractivity contribution is 5.90. The maximum absolute atomic E-state index is 12.3. The van der Waals surface area contributed by atoms with Crippen molar-refractivity contribution in [2.45, 2.75) is 32.7 Å². The molecule has 2 rings (SSSR count). The van der Waals surface area contributed by atoms with Crippen LogP contribution in [0, 0.1) is 5.92 Å². The normalized spacial score (nSPS) is 12.6. The zero-order valence-electron chi connectivity index (χ0n) is 12.8. The standard InChI is InChI=1S/C18H24N2O/c1-13(2)17(10-11-19)20-18(21)12-15-8-5-7-14-6-3-4-9-16(14)15/h3-9,13,17H,10-12,19H2,1-2H3,(H,20,21). The number of nitrogens with one attached hydrogen (secondary N) is 1. The fraction of sp³-hybridized carbons (Fsp3) is 0.389. The van der Waals surface area contributed by atoms with E-state index in [0.29, 0.717) is 18.9 Å². The summed E-state index contributed by atoms with van der Waals surface area (Å²) >= 11 is 0. The Morgan fingerprint density at radius 3 is 2.57 bits per heavy atom. The quantitative estimate of drug-likeness (QED) is 0.857. The monoisotopic (exact) mass is 284 g/mol. The molecule has 0 aliphatic rings. The molecule has 3 nitrogen and oxygen atoms in total. The molecule has 0 aliphatic carbocycles. The zero-order chi connectivity index (χ0) is 15.2. The number of amides is 1. The van der Waals surface area contributed by atoms with Crippen LogP contribution in [-0.4, -0.2) is 18.5 Å². The molecule has 0 aliphatic heterocycles. The van der Waals surface area contributed by atoms with Gasteiger partial charge in [0.2, 0.25) is 5.91 Å². The lowest BCUT2D eigenvalue weighted by molar-refractivity contribution is -0.121. The van der Waals surface area contributed by atoms with Crippen LogP contribution in [0.1, 0.15) is 25.8 Å². The molecule has 0 fully saturated rings. The molecule has 0 saturated carbocycles. The molecule has 0 heterocycles. The van der Waals surface area contributed by atoms with Crippen LogP contribution in [0.25, 0.3) is 10.8 Å². The molecule has 1 atom stereocenters. The van der Waals surface area contributed by atoms with E-state index >= 15 is 0 Å². The Kier molecular flexibility index (Phi) is 5.34. The Labute approximate surface area is 126 Å². The number of benzene rings is 2. The second kappa shape index (κ2) is 7.23. The molecule has 0 radical (unpaired) electrons. The number of carbonyl (C=O) groups is 1. The summed E-state index contributed by atoms with van der Waals surface area (Å²) in [7, 11) is 0. The van der Waals surface area contributed by atoms with E-state index in [1.54, 1.807) is 0 Å². The second-order valence-corrected chi connectivity index (χ2v) is 5.81. The summed E-state index contributed by atoms with van der Waals surface area (Å²) in [4.78, 5) is 12.3. The predicted octanol–water partition coefficient (Wildman–Crippen LogP) is 2.87. The van der Waals surface area contributed by atoms with Gasteiger partial charge in [0.05, 0.1) is 6.42 Å². The number of hydrogen-bond donors (Lipinski definition) is 2. The van der Waals surface area contributed by atoms with Crippen molar-refractivity contribution in [3.63, 3.8) is 0 Å². The minimum absolute atomic E-state index is 0.0681. The summed E-state index contributed by atoms with van der Waals surface area (Å²) < 4.78 is 0. The zero-order valence-corrected chi connectivity index (χ0v) is 12.8. The van der Waals surface area contributed by atoms with E-state index in [9.17, 15) is 4.79 Å². The Hall–Kier alpha value is -1.87. The van der Waals surface area contributed by atoms with E-state index in [4.69, 9.17) is 5.73 Å². The lowest BCUT2D eigenvalue weighted by Gasteiger charge is -2.22. The van der Waals surface area contributed by atoms with Crippen LogP contribution in [0.15, 0.2) is 42.5 Å². The summed E-state index contributed by atoms with van der Waals surface area (Å²) in [5, 5.41) is 5.43. The SMILES string of the molecule is CC(C)C(CCN)NC(=O)Cc1cccc2ccccc12. The van der Waals surface area contributed by atoms with Gasteiger partial charge < -0.3 is 11.1 Å². The van der Waals surface area contributed by atoms with Crippen molar-refractivity contribution in [1.29, 1.82) is 0 Å². The Balaban J connectivity index is 2.11. The van der Waals surface area contributed by atoms with Crippen molar-refractivity contribution in [3.05, 3.63) is 48.0 Å². The van der Waals surface area contributed by atoms with Crippen molar-refractivity contribution >= 4 is 16.7 Å². The van der Waals surface area contributed by atoms with Gasteiger partial charge in [-0.05, 0) is 35.2 Å². The second-order valence-electron chi connectivity index (χ2n) is 5.81. The minimum atomic E-state index is 0.0681. The Morgan fingerprint density at radius 2 is 1.86 bits per heavy atom. The van der Waals surface area contributed by atoms with Gasteiger partial charge in [-0.2, -0.15) is 0 Å². The first-order chi connectivity index (χ1) is 10.1. The topological polar surface area (TPSA) is 55.1 Å². The molecule has 0 spiro atoms. The van der Waals surface area contributed by atoms with Crippen molar-refractivity contribution in [1.82, 2.24) is 5.32 Å². The highest BCUT2D eigenvalue weighted by Crippen LogP contribution is 2.19. The van der Waals surface area contributed by atoms with Crippen LogP contribution < -0.4 is 11.1 Å². The van der Waals surface area contributed by atoms with Crippen molar-refractivity contribution in [2.75, 3.05) is 6.54 Å². The minimum Gasteiger partial charge on any atom is -0.353 e. The van der Waals surface area contributed by atoms with E-state index in [0.717, 1.165) is 17.4 Å². The van der Waals surface area contributed by atoms with Gasteiger partial charge in [-0.15, -0.1) is 0 Å². The van der Waals surface area contributed by atoms with Crippen LogP contribution >= 0.6 is 0 Å². The van der Waals surface area contributed by atoms with Crippen molar-refractivity contribution < 1.29 is 4.79 Å². The first-order valence-electron chi connectivity index (χ1n) is 7.58. The smallest absolute Gasteiger partial charge is 0.224 e. The summed E-state index contributed by atoms with van der Waals surface area (Å²) in [5.41, 5.74) is 6.69. The highest BCUT2D eigenvalue weighted by atomic mass is 16.1. The van der Waals surface area contributed by atoms with Crippen LogP contribution in [0.4, 0.5) is 0 Å². The van der Waals surface area contributed by atoms with E-state index in [1.165, 1.54) is 5.39 Å². The van der Waals surface area contributed by atoms with Gasteiger partial charge in [-0.25, -0.2) is 0 Å². The summed E-state index contributed by atoms with van der Waals surface area (Å²) in [6, 6.07) is 14.4. The molecule has 3 heteroatoms. The van der Waals surface area contributed by atoms with Gasteiger partial charge in [-0.3, -0.25) is 4.79 Å². The number of rotatable bonds is 6. The molecule has 3 N–H and O–H groups in total. The predicted molar refractivity (Wildman–Crippen MR) is 88.1 cm³/mol. The van der Waals surface area contributed by atoms with Gasteiger partial charge in [0.1, 0.15) is 0 Å². The largest absolute Gasteiger partial charge is 0.353 e. The fourth-order valence-corrected chi connectivity index (χ4v) is 2.63. The average molecular weight is 284 g/mol. The number of fused-ring (bicyclic) bond motifs is 1. The third-order valence-corrected chi connectivity index (χ3v) is 3.86. The van der Waals surface area contributed by atoms with Crippen LogP contribution in [0.5, 0.6) is 0 Å². The fourth-order valence-electron chi connectivity index (χ4n) is 2.63. The molecule has 2 aromatic rings. The molecular weight excluding hydrogens is 260 g/mol. The first-order valence-corrected chi connectivity index (χ1v) is 7.58. The van der Waals surface area contributed by atoms with E-state index < -0.39 is 0 Å².